The number of pyridine rings is 1. The van der Waals surface area contributed by atoms with Gasteiger partial charge in [0.1, 0.15) is 5.75 Å². The van der Waals surface area contributed by atoms with Crippen molar-refractivity contribution >= 4 is 28.4 Å². The molecule has 4 N–H and O–H groups in total. The summed E-state index contributed by atoms with van der Waals surface area (Å²) in [6, 6.07) is 15.7. The van der Waals surface area contributed by atoms with Crippen LogP contribution < -0.4 is 16.2 Å². The number of carbonyl (C=O) groups is 3. The molecule has 0 bridgehead atoms. The predicted molar refractivity (Wildman–Crippen MR) is 181 cm³/mol. The summed E-state index contributed by atoms with van der Waals surface area (Å²) in [5.41, 5.74) is 3.94. The quantitative estimate of drug-likeness (QED) is 0.0726. The van der Waals surface area contributed by atoms with Gasteiger partial charge in [-0.1, -0.05) is 61.6 Å². The van der Waals surface area contributed by atoms with Crippen LogP contribution in [-0.4, -0.2) is 83.6 Å². The Morgan fingerprint density at radius 2 is 1.45 bits per heavy atom. The smallest absolute Gasteiger partial charge is 0.458 e. The lowest BCUT2D eigenvalue weighted by atomic mass is 10.0. The number of H-pyrrole nitrogens is 1. The van der Waals surface area contributed by atoms with E-state index in [2.05, 4.69) is 51.7 Å². The summed E-state index contributed by atoms with van der Waals surface area (Å²) < 4.78 is 67.0. The number of aromatic hydroxyl groups is 1. The molecule has 1 heterocycles. The number of rotatable bonds is 14. The first-order chi connectivity index (χ1) is 24.1. The van der Waals surface area contributed by atoms with Crippen LogP contribution in [0.1, 0.15) is 61.6 Å². The Morgan fingerprint density at radius 3 is 2.08 bits per heavy atom. The van der Waals surface area contributed by atoms with Gasteiger partial charge >= 0.3 is 23.9 Å². The number of aromatic amines is 1. The molecule has 1 amide bonds. The number of Topliss-reactive ketones (excluding diaryl/α,β-unsaturated/α-hetero) is 2. The summed E-state index contributed by atoms with van der Waals surface area (Å²) in [5.74, 6) is -6.48. The fourth-order valence-electron chi connectivity index (χ4n) is 5.96. The Hall–Kier alpha value is -4.24. The molecule has 9 nitrogen and oxygen atoms in total. The second kappa shape index (κ2) is 19.4. The van der Waals surface area contributed by atoms with E-state index in [0.29, 0.717) is 24.5 Å². The zero-order valence-electron chi connectivity index (χ0n) is 28.4. The van der Waals surface area contributed by atoms with E-state index in [1.54, 1.807) is 12.1 Å². The molecule has 2 aromatic carbocycles. The third kappa shape index (κ3) is 13.4. The normalized spacial score (nSPS) is 14.0. The number of benzene rings is 2. The number of halogens is 6. The molecule has 1 aliphatic rings. The number of alkyl halides is 6. The third-order valence-corrected chi connectivity index (χ3v) is 8.56. The highest BCUT2D eigenvalue weighted by molar-refractivity contribution is 6.41. The van der Waals surface area contributed by atoms with Crippen molar-refractivity contribution in [2.24, 2.45) is 0 Å². The van der Waals surface area contributed by atoms with Crippen LogP contribution >= 0.6 is 0 Å². The van der Waals surface area contributed by atoms with Crippen molar-refractivity contribution in [3.63, 3.8) is 0 Å². The van der Waals surface area contributed by atoms with Gasteiger partial charge in [0.2, 0.25) is 11.5 Å². The number of aromatic nitrogens is 1. The lowest BCUT2D eigenvalue weighted by molar-refractivity contribution is -0.193. The van der Waals surface area contributed by atoms with Gasteiger partial charge in [0.05, 0.1) is 5.52 Å². The van der Waals surface area contributed by atoms with Gasteiger partial charge in [-0.05, 0) is 69.0 Å². The minimum absolute atomic E-state index is 0.0848. The van der Waals surface area contributed by atoms with Crippen LogP contribution in [0.4, 0.5) is 26.3 Å². The van der Waals surface area contributed by atoms with E-state index in [1.165, 1.54) is 42.9 Å². The first-order valence-electron chi connectivity index (χ1n) is 16.9. The van der Waals surface area contributed by atoms with E-state index in [-0.39, 0.29) is 17.2 Å². The highest BCUT2D eigenvalue weighted by Crippen LogP contribution is 2.26. The van der Waals surface area contributed by atoms with Gasteiger partial charge in [-0.2, -0.15) is 26.3 Å². The van der Waals surface area contributed by atoms with Gasteiger partial charge in [0, 0.05) is 43.5 Å². The number of phenols is 1. The van der Waals surface area contributed by atoms with Crippen LogP contribution in [-0.2, 0) is 27.2 Å². The van der Waals surface area contributed by atoms with Crippen LogP contribution in [0.5, 0.6) is 5.75 Å². The third-order valence-electron chi connectivity index (χ3n) is 8.56. The van der Waals surface area contributed by atoms with E-state index < -0.39 is 23.9 Å². The lowest BCUT2D eigenvalue weighted by Gasteiger charge is -2.32. The number of carbonyl (C=O) groups excluding carboxylic acids is 3. The number of phenolic OH excluding ortho intramolecular Hbond substituents is 1. The number of nitrogens with one attached hydrogen (secondary N) is 3. The highest BCUT2D eigenvalue weighted by Gasteiger charge is 2.54. The van der Waals surface area contributed by atoms with Crippen LogP contribution in [0.15, 0.2) is 53.3 Å². The van der Waals surface area contributed by atoms with Crippen molar-refractivity contribution in [2.45, 2.75) is 83.1 Å². The summed E-state index contributed by atoms with van der Waals surface area (Å²) in [4.78, 5) is 49.1. The Bertz CT molecular complexity index is 1640. The SMILES string of the molecule is Cc1cccc(CCNCCC(=O)N(CCNCCc2ccc(O)c3[nH]c(=O)ccc23)C2CCCCCC2)c1.O=C(C(=O)C(F)(F)F)C(F)(F)F. The van der Waals surface area contributed by atoms with Crippen LogP contribution in [0.3, 0.4) is 0 Å². The van der Waals surface area contributed by atoms with Crippen LogP contribution in [0.25, 0.3) is 10.9 Å². The molecular formula is C36H44F6N4O5. The lowest BCUT2D eigenvalue weighted by Crippen LogP contribution is -2.45. The van der Waals surface area contributed by atoms with Crippen molar-refractivity contribution < 1.29 is 45.8 Å². The summed E-state index contributed by atoms with van der Waals surface area (Å²) in [6.07, 6.45) is -2.13. The van der Waals surface area contributed by atoms with Crippen molar-refractivity contribution in [1.82, 2.24) is 20.5 Å². The summed E-state index contributed by atoms with van der Waals surface area (Å²) in [6.45, 7) is 5.92. The Labute approximate surface area is 291 Å². The molecule has 0 saturated heterocycles. The molecule has 1 aliphatic carbocycles. The topological polar surface area (TPSA) is 132 Å². The van der Waals surface area contributed by atoms with E-state index >= 15 is 0 Å². The standard InChI is InChI=1S/C32H44N4O3.C4F6O2/c1-24-7-6-8-25(23-24)15-18-33-20-17-31(39)36(27-9-4-2-3-5-10-27)22-21-34-19-16-26-11-13-29(37)32-28(26)12-14-30(38)35-32;5-3(6,7)1(11)2(12)4(8,9)10/h6-8,11-14,23,27,33-34,37H,2-5,9-10,15-22H2,1H3,(H,35,38);. The van der Waals surface area contributed by atoms with Crippen LogP contribution in [0, 0.1) is 6.92 Å². The molecule has 15 heteroatoms. The fraction of sp³-hybridized carbons (Fsp3) is 0.500. The summed E-state index contributed by atoms with van der Waals surface area (Å²) in [5, 5.41) is 18.0. The maximum atomic E-state index is 13.3. The van der Waals surface area contributed by atoms with Gasteiger partial charge in [-0.15, -0.1) is 0 Å². The number of nitrogens with zero attached hydrogens (tertiary/aromatic N) is 1. The second-order valence-electron chi connectivity index (χ2n) is 12.5. The molecule has 0 radical (unpaired) electrons. The van der Waals surface area contributed by atoms with Gasteiger partial charge in [-0.3, -0.25) is 19.2 Å². The van der Waals surface area contributed by atoms with Gasteiger partial charge in [0.15, 0.2) is 0 Å². The Kier molecular flexibility index (Phi) is 15.7. The zero-order valence-corrected chi connectivity index (χ0v) is 28.4. The molecule has 1 saturated carbocycles. The molecule has 51 heavy (non-hydrogen) atoms. The fourth-order valence-corrected chi connectivity index (χ4v) is 5.96. The molecule has 0 spiro atoms. The van der Waals surface area contributed by atoms with Gasteiger partial charge < -0.3 is 25.6 Å². The largest absolute Gasteiger partial charge is 0.506 e. The van der Waals surface area contributed by atoms with E-state index in [4.69, 9.17) is 0 Å². The van der Waals surface area contributed by atoms with Crippen molar-refractivity contribution in [1.29, 1.82) is 0 Å². The molecule has 280 valence electrons. The maximum absolute atomic E-state index is 13.3. The predicted octanol–water partition coefficient (Wildman–Crippen LogP) is 5.70. The van der Waals surface area contributed by atoms with E-state index in [9.17, 15) is 50.6 Å². The number of ketones is 2. The number of fused-ring (bicyclic) bond motifs is 1. The number of hydrogen-bond donors (Lipinski definition) is 4. The molecular weight excluding hydrogens is 682 g/mol. The first kappa shape index (κ1) is 41.2. The van der Waals surface area contributed by atoms with E-state index in [1.807, 2.05) is 6.07 Å². The monoisotopic (exact) mass is 726 g/mol. The van der Waals surface area contributed by atoms with Gasteiger partial charge in [-0.25, -0.2) is 0 Å². The Balaban J connectivity index is 0.000000501. The molecule has 1 fully saturated rings. The zero-order chi connectivity index (χ0) is 37.6. The van der Waals surface area contributed by atoms with Crippen molar-refractivity contribution in [2.75, 3.05) is 32.7 Å². The number of aryl methyl sites for hydroxylation is 1. The highest BCUT2D eigenvalue weighted by atomic mass is 19.4. The van der Waals surface area contributed by atoms with Crippen molar-refractivity contribution in [3.8, 4) is 5.75 Å². The van der Waals surface area contributed by atoms with Gasteiger partial charge in [0.25, 0.3) is 0 Å². The number of hydrogen-bond acceptors (Lipinski definition) is 7. The van der Waals surface area contributed by atoms with E-state index in [0.717, 1.165) is 62.8 Å². The maximum Gasteiger partial charge on any atom is 0.458 e. The first-order valence-corrected chi connectivity index (χ1v) is 16.9. The minimum Gasteiger partial charge on any atom is -0.506 e. The summed E-state index contributed by atoms with van der Waals surface area (Å²) >= 11 is 0. The average Bonchev–Trinajstić information content (AvgIpc) is 3.35. The number of amides is 1. The van der Waals surface area contributed by atoms with Crippen LogP contribution in [0.2, 0.25) is 0 Å². The molecule has 0 atom stereocenters. The molecule has 3 aromatic rings. The molecule has 0 unspecified atom stereocenters. The Morgan fingerprint density at radius 1 is 0.824 bits per heavy atom. The molecule has 1 aromatic heterocycles. The molecule has 4 rings (SSSR count). The second-order valence-corrected chi connectivity index (χ2v) is 12.5. The summed E-state index contributed by atoms with van der Waals surface area (Å²) in [7, 11) is 0. The average molecular weight is 727 g/mol. The minimum atomic E-state index is -5.77. The van der Waals surface area contributed by atoms with Crippen molar-refractivity contribution in [3.05, 3.63) is 75.6 Å². The molecule has 0 aliphatic heterocycles.